The molecular weight excluding hydrogens is 1940 g/mol. The van der Waals surface area contributed by atoms with Crippen molar-refractivity contribution >= 4 is 134 Å². The number of aliphatic carboxylic acids is 1. The van der Waals surface area contributed by atoms with Gasteiger partial charge in [0.25, 0.3) is 0 Å². The van der Waals surface area contributed by atoms with E-state index in [-0.39, 0.29) is 43.5 Å². The van der Waals surface area contributed by atoms with E-state index in [0.29, 0.717) is 43.0 Å². The number of pyridine rings is 8. The number of rotatable bonds is 18. The maximum absolute atomic E-state index is 12.8. The van der Waals surface area contributed by atoms with E-state index in [1.807, 2.05) is 258 Å². The number of carbonyl (C=O) groups excluding carboxylic acids is 2. The molecule has 27 heteroatoms. The lowest BCUT2D eigenvalue weighted by Crippen LogP contribution is -2.31. The van der Waals surface area contributed by atoms with Crippen LogP contribution in [0.5, 0.6) is 23.0 Å². The molecule has 0 amide bonds. The van der Waals surface area contributed by atoms with Gasteiger partial charge in [0.1, 0.15) is 54.5 Å². The lowest BCUT2D eigenvalue weighted by molar-refractivity contribution is -0.162. The number of halogens is 1. The fourth-order valence-corrected chi connectivity index (χ4v) is 21.0. The highest BCUT2D eigenvalue weighted by atomic mass is 79.9. The van der Waals surface area contributed by atoms with Gasteiger partial charge < -0.3 is 67.6 Å². The highest BCUT2D eigenvalue weighted by Gasteiger charge is 2.39. The summed E-state index contributed by atoms with van der Waals surface area (Å²) in [7, 11) is -1.50. The number of nitrogens with zero attached hydrogens (tertiary/aromatic N) is 8. The summed E-state index contributed by atoms with van der Waals surface area (Å²) in [5.41, 5.74) is 25.9. The normalized spacial score (nSPS) is 14.2. The Morgan fingerprint density at radius 3 is 0.980 bits per heavy atom. The molecule has 20 rings (SSSR count). The number of benzene rings is 8. The minimum Gasteiger partial charge on any atom is -0.493 e. The van der Waals surface area contributed by atoms with Crippen molar-refractivity contribution in [3.63, 3.8) is 0 Å². The second-order valence-electron chi connectivity index (χ2n) is 45.0. The SMILES string of the molecule is Cc1ccc2c(-c3ccc4c5c(ccnc35)CCO4)c([C@@H](CO)OC(C)(C)C)c(C)cc2n1.Cc1ccc2c(-c3ccc4c5c(ccnc35)CCO4)c([C@@H](COC(=O)C(C)(C)C)OC(C)(C)C)c(C)cc2n1.Cc1ccc2c(-c3ccc4c5c(ccnc35)CCO4)c([C@H](OC(C)(C)C)C(=O)O)c(C)cc2n1.Cc1ccc2c(Br)c([C@@H](COC(=O)C(C)(C)C)OC(C)(C)C)c(C)cc2n1.OB(O)c1ccc2c3c(ccnc13)CCO2. The zero-order chi connectivity index (χ0) is 107. The fourth-order valence-electron chi connectivity index (χ4n) is 20.1. The molecule has 776 valence electrons. The van der Waals surface area contributed by atoms with Crippen LogP contribution in [0.1, 0.15) is 239 Å². The van der Waals surface area contributed by atoms with Crippen LogP contribution in [0.15, 0.2) is 175 Å². The van der Waals surface area contributed by atoms with Gasteiger partial charge in [0, 0.05) is 154 Å². The van der Waals surface area contributed by atoms with E-state index < -0.39 is 59.0 Å². The molecule has 8 aromatic carbocycles. The molecule has 8 aromatic heterocycles. The fraction of sp³-hybridized carbons (Fsp3) is 0.385. The van der Waals surface area contributed by atoms with Gasteiger partial charge in [-0.1, -0.05) is 24.3 Å². The van der Waals surface area contributed by atoms with Crippen LogP contribution in [0.25, 0.3) is 121 Å². The van der Waals surface area contributed by atoms with Gasteiger partial charge in [-0.15, -0.1) is 0 Å². The number of ether oxygens (including phenoxy) is 10. The number of esters is 2. The van der Waals surface area contributed by atoms with Gasteiger partial charge in [0.2, 0.25) is 0 Å². The summed E-state index contributed by atoms with van der Waals surface area (Å²) in [5, 5.41) is 47.2. The number of fused-ring (bicyclic) bond motifs is 4. The van der Waals surface area contributed by atoms with Crippen LogP contribution in [-0.4, -0.2) is 154 Å². The Morgan fingerprint density at radius 1 is 0.362 bits per heavy atom. The Bertz CT molecular complexity index is 7840. The number of hydrogen-bond acceptors (Lipinski definition) is 24. The molecule has 0 saturated carbocycles. The highest BCUT2D eigenvalue weighted by Crippen LogP contribution is 2.51. The minimum absolute atomic E-state index is 0.101. The van der Waals surface area contributed by atoms with Crippen LogP contribution in [0.3, 0.4) is 0 Å². The molecule has 25 nitrogen and oxygen atoms in total. The number of aromatic nitrogens is 8. The van der Waals surface area contributed by atoms with Gasteiger partial charge in [0.15, 0.2) is 6.10 Å². The van der Waals surface area contributed by atoms with E-state index in [4.69, 9.17) is 77.3 Å². The molecule has 4 N–H and O–H groups in total. The lowest BCUT2D eigenvalue weighted by atomic mass is 9.78. The van der Waals surface area contributed by atoms with Crippen molar-refractivity contribution in [2.45, 2.75) is 253 Å². The van der Waals surface area contributed by atoms with Crippen molar-refractivity contribution in [1.82, 2.24) is 39.9 Å². The zero-order valence-corrected chi connectivity index (χ0v) is 92.0. The van der Waals surface area contributed by atoms with Crippen molar-refractivity contribution in [2.75, 3.05) is 46.2 Å². The number of carbonyl (C=O) groups is 3. The van der Waals surface area contributed by atoms with E-state index in [0.717, 1.165) is 236 Å². The maximum atomic E-state index is 12.8. The molecule has 0 saturated heterocycles. The molecular formula is C122H136BBrN8O17. The van der Waals surface area contributed by atoms with Gasteiger partial charge in [0.05, 0.1) is 110 Å². The summed E-state index contributed by atoms with van der Waals surface area (Å²) < 4.78 is 61.3. The molecule has 4 aliphatic heterocycles. The molecule has 0 radical (unpaired) electrons. The standard InChI is InChI=1S/C33H38N2O4.C28H28N2O4.C28H30N2O3.C22H30BrNO3.C11H10BNO3/c1-19-17-24-22(10-9-20(2)35-24)29(23-11-12-25-28-21(14-16-37-25)13-15-34-30(23)28)27(19)26(39-33(6,7)8)18-38-31(36)32(3,4)5;1-15-14-20-18(7-6-16(2)30-20)24(22(15)26(27(31)32)34-28(3,4)5)19-8-9-21-23-17(11-13-33-21)10-12-29-25(19)23;1-16-14-21-19(7-6-17(2)30-21)26(24(16)23(15-31)33-28(3,4)5)20-8-9-22-25-18(11-13-32-22)10-12-29-27(20)25;1-13-11-16-15(10-9-14(2)24-16)19(23)18(13)17(27-22(6,7)8)12-26-20(25)21(3,4)5;14-12(15)8-1-2-9-10-7(4-6-16-9)3-5-13-11(8)10/h9-13,15,17,26H,14,16,18H2,1-8H3;6-10,12,14,26H,11,13H2,1-5H3,(H,31,32);6-10,12,14,23,31H,11,13,15H2,1-5H3;9-11,17H,12H2,1-8H3;1-3,5,14-15H,4,6H2/t2*26-;23-;17-;/m1011./s1. The van der Waals surface area contributed by atoms with Crippen molar-refractivity contribution in [1.29, 1.82) is 0 Å². The third-order valence-electron chi connectivity index (χ3n) is 26.4. The first-order chi connectivity index (χ1) is 70.3. The molecule has 149 heavy (non-hydrogen) atoms. The van der Waals surface area contributed by atoms with Crippen LogP contribution in [-0.2, 0) is 68.5 Å². The quantitative estimate of drug-likeness (QED) is 0.0458. The van der Waals surface area contributed by atoms with Gasteiger partial charge in [-0.05, 0) is 390 Å². The van der Waals surface area contributed by atoms with Crippen LogP contribution >= 0.6 is 15.9 Å². The molecule has 4 aliphatic rings. The minimum atomic E-state index is -1.50. The molecule has 0 fully saturated rings. The smallest absolute Gasteiger partial charge is 0.490 e. The van der Waals surface area contributed by atoms with E-state index in [1.165, 1.54) is 16.7 Å². The molecule has 12 heterocycles. The number of aliphatic hydroxyl groups excluding tert-OH is 1. The molecule has 4 atom stereocenters. The Labute approximate surface area is 880 Å². The number of carboxylic acid groups (broad SMARTS) is 1. The van der Waals surface area contributed by atoms with Crippen molar-refractivity contribution in [3.05, 3.63) is 264 Å². The van der Waals surface area contributed by atoms with Crippen LogP contribution in [0, 0.1) is 66.2 Å². The predicted octanol–water partition coefficient (Wildman–Crippen LogP) is 25.1. The summed E-state index contributed by atoms with van der Waals surface area (Å²) in [6.07, 6.45) is 8.11. The Morgan fingerprint density at radius 2 is 0.651 bits per heavy atom. The zero-order valence-electron chi connectivity index (χ0n) is 90.4. The van der Waals surface area contributed by atoms with Gasteiger partial charge >= 0.3 is 25.0 Å². The van der Waals surface area contributed by atoms with E-state index in [9.17, 15) is 34.6 Å². The third kappa shape index (κ3) is 24.0. The maximum Gasteiger partial charge on any atom is 0.490 e. The average molecular weight is 2080 g/mol. The first-order valence-corrected chi connectivity index (χ1v) is 51.8. The largest absolute Gasteiger partial charge is 0.493 e. The molecule has 0 spiro atoms. The van der Waals surface area contributed by atoms with Crippen LogP contribution in [0.4, 0.5) is 0 Å². The highest BCUT2D eigenvalue weighted by molar-refractivity contribution is 9.10. The first kappa shape index (κ1) is 109. The summed E-state index contributed by atoms with van der Waals surface area (Å²) in [5.74, 6) is 1.78. The number of aliphatic hydroxyl groups is 1. The summed E-state index contributed by atoms with van der Waals surface area (Å²) in [6.45, 7) is 53.6. The summed E-state index contributed by atoms with van der Waals surface area (Å²) in [6, 6.07) is 48.3. The Balaban J connectivity index is 0.000000136. The van der Waals surface area contributed by atoms with E-state index in [1.54, 1.807) is 18.3 Å². The van der Waals surface area contributed by atoms with Gasteiger partial charge in [-0.2, -0.15) is 0 Å². The second-order valence-corrected chi connectivity index (χ2v) is 45.8. The van der Waals surface area contributed by atoms with Gasteiger partial charge in [-0.3, -0.25) is 49.5 Å². The van der Waals surface area contributed by atoms with Crippen molar-refractivity contribution < 1.29 is 82.0 Å². The van der Waals surface area contributed by atoms with E-state index in [2.05, 4.69) is 100 Å². The molecule has 0 bridgehead atoms. The Hall–Kier alpha value is -13.1. The predicted molar refractivity (Wildman–Crippen MR) is 593 cm³/mol. The van der Waals surface area contributed by atoms with Crippen molar-refractivity contribution in [3.8, 4) is 56.4 Å². The third-order valence-corrected chi connectivity index (χ3v) is 27.2. The van der Waals surface area contributed by atoms with Crippen LogP contribution in [0.2, 0.25) is 0 Å². The lowest BCUT2D eigenvalue weighted by Gasteiger charge is -2.31. The van der Waals surface area contributed by atoms with Crippen LogP contribution < -0.4 is 24.4 Å². The second kappa shape index (κ2) is 43.5. The molecule has 0 aliphatic carbocycles. The monoisotopic (exact) mass is 2070 g/mol. The topological polar surface area (TPSA) is 328 Å². The Kier molecular flexibility index (Phi) is 31.7. The summed E-state index contributed by atoms with van der Waals surface area (Å²) in [4.78, 5) is 75.4. The summed E-state index contributed by atoms with van der Waals surface area (Å²) >= 11 is 3.75. The molecule has 0 unspecified atom stereocenters. The van der Waals surface area contributed by atoms with Crippen molar-refractivity contribution in [2.24, 2.45) is 10.8 Å². The average Bonchev–Trinajstić information content (AvgIpc) is 0.735. The number of carboxylic acids is 1. The van der Waals surface area contributed by atoms with E-state index >= 15 is 0 Å². The van der Waals surface area contributed by atoms with Gasteiger partial charge in [-0.25, -0.2) is 4.79 Å². The first-order valence-electron chi connectivity index (χ1n) is 51.0. The number of hydrogen-bond donors (Lipinski definition) is 4. The molecule has 16 aromatic rings. The number of aryl methyl sites for hydroxylation is 8.